The molecule has 0 fully saturated rings. The minimum absolute atomic E-state index is 0.118. The van der Waals surface area contributed by atoms with Crippen molar-refractivity contribution in [3.05, 3.63) is 30.3 Å². The number of thioether (sulfide) groups is 1. The number of rotatable bonds is 5. The molecule has 1 rings (SSSR count). The lowest BCUT2D eigenvalue weighted by Crippen LogP contribution is -2.02. The topological polar surface area (TPSA) is 17.1 Å². The summed E-state index contributed by atoms with van der Waals surface area (Å²) in [5.74, 6) is 0. The van der Waals surface area contributed by atoms with E-state index in [1.807, 2.05) is 30.3 Å². The van der Waals surface area contributed by atoms with Gasteiger partial charge in [0.1, 0.15) is 6.29 Å². The fraction of sp³-hybridized carbons (Fsp3) is 0.364. The number of carbonyl (C=O) groups excluding carboxylic acids is 1. The van der Waals surface area contributed by atoms with E-state index in [4.69, 9.17) is 0 Å². The zero-order valence-electron chi connectivity index (χ0n) is 7.77. The van der Waals surface area contributed by atoms with Crippen LogP contribution in [0.5, 0.6) is 0 Å². The van der Waals surface area contributed by atoms with Crippen LogP contribution in [0.15, 0.2) is 35.2 Å². The normalized spacial score (nSPS) is 12.4. The highest BCUT2D eigenvalue weighted by Gasteiger charge is 2.06. The van der Waals surface area contributed by atoms with Crippen molar-refractivity contribution in [3.63, 3.8) is 0 Å². The second-order valence-corrected chi connectivity index (χ2v) is 4.21. The molecule has 0 saturated heterocycles. The standard InChI is InChI=1S/C11H14OS/c1-2-6-11(9-12)13-10-7-4-3-5-8-10/h3-5,7-9,11H,2,6H2,1H3/t11-/m1/s1. The molecule has 0 radical (unpaired) electrons. The van der Waals surface area contributed by atoms with Gasteiger partial charge in [-0.1, -0.05) is 31.5 Å². The number of hydrogen-bond acceptors (Lipinski definition) is 2. The van der Waals surface area contributed by atoms with Gasteiger partial charge >= 0.3 is 0 Å². The Kier molecular flexibility index (Phi) is 4.61. The van der Waals surface area contributed by atoms with Gasteiger partial charge in [0.25, 0.3) is 0 Å². The van der Waals surface area contributed by atoms with Crippen LogP contribution in [0.3, 0.4) is 0 Å². The molecule has 0 N–H and O–H groups in total. The molecule has 0 aliphatic carbocycles. The van der Waals surface area contributed by atoms with Crippen LogP contribution < -0.4 is 0 Å². The summed E-state index contributed by atoms with van der Waals surface area (Å²) in [5.41, 5.74) is 0. The highest BCUT2D eigenvalue weighted by atomic mass is 32.2. The van der Waals surface area contributed by atoms with Crippen molar-refractivity contribution in [2.24, 2.45) is 0 Å². The largest absolute Gasteiger partial charge is 0.302 e. The Morgan fingerprint density at radius 3 is 2.62 bits per heavy atom. The molecular weight excluding hydrogens is 180 g/mol. The summed E-state index contributed by atoms with van der Waals surface area (Å²) >= 11 is 1.65. The van der Waals surface area contributed by atoms with E-state index in [2.05, 4.69) is 6.92 Å². The Morgan fingerprint density at radius 1 is 1.38 bits per heavy atom. The van der Waals surface area contributed by atoms with Gasteiger partial charge in [0.05, 0.1) is 5.25 Å². The minimum Gasteiger partial charge on any atom is -0.302 e. The van der Waals surface area contributed by atoms with Gasteiger partial charge < -0.3 is 4.79 Å². The zero-order valence-corrected chi connectivity index (χ0v) is 8.59. The molecule has 1 aromatic carbocycles. The molecule has 0 bridgehead atoms. The smallest absolute Gasteiger partial charge is 0.133 e. The fourth-order valence-electron chi connectivity index (χ4n) is 1.11. The van der Waals surface area contributed by atoms with Gasteiger partial charge in [0.15, 0.2) is 0 Å². The van der Waals surface area contributed by atoms with Crippen molar-refractivity contribution >= 4 is 18.0 Å². The van der Waals surface area contributed by atoms with Crippen molar-refractivity contribution in [1.82, 2.24) is 0 Å². The van der Waals surface area contributed by atoms with Gasteiger partial charge in [0.2, 0.25) is 0 Å². The molecule has 0 unspecified atom stereocenters. The lowest BCUT2D eigenvalue weighted by molar-refractivity contribution is -0.107. The Balaban J connectivity index is 2.51. The molecule has 2 heteroatoms. The first-order valence-corrected chi connectivity index (χ1v) is 5.41. The van der Waals surface area contributed by atoms with Crippen molar-refractivity contribution in [3.8, 4) is 0 Å². The van der Waals surface area contributed by atoms with E-state index >= 15 is 0 Å². The van der Waals surface area contributed by atoms with Gasteiger partial charge in [-0.05, 0) is 18.6 Å². The second kappa shape index (κ2) is 5.81. The lowest BCUT2D eigenvalue weighted by Gasteiger charge is -2.07. The van der Waals surface area contributed by atoms with E-state index in [1.54, 1.807) is 11.8 Å². The first kappa shape index (κ1) is 10.3. The van der Waals surface area contributed by atoms with Gasteiger partial charge in [-0.25, -0.2) is 0 Å². The van der Waals surface area contributed by atoms with Gasteiger partial charge in [-0.2, -0.15) is 0 Å². The number of carbonyl (C=O) groups is 1. The predicted octanol–water partition coefficient (Wildman–Crippen LogP) is 3.15. The maximum absolute atomic E-state index is 10.7. The molecule has 1 nitrogen and oxygen atoms in total. The van der Waals surface area contributed by atoms with Crippen molar-refractivity contribution in [1.29, 1.82) is 0 Å². The zero-order chi connectivity index (χ0) is 9.52. The van der Waals surface area contributed by atoms with Crippen LogP contribution in [0.1, 0.15) is 19.8 Å². The third-order valence-corrected chi connectivity index (χ3v) is 2.95. The van der Waals surface area contributed by atoms with Crippen molar-refractivity contribution in [2.75, 3.05) is 0 Å². The predicted molar refractivity (Wildman–Crippen MR) is 57.1 cm³/mol. The van der Waals surface area contributed by atoms with E-state index in [-0.39, 0.29) is 5.25 Å². The van der Waals surface area contributed by atoms with E-state index in [0.29, 0.717) is 0 Å². The highest BCUT2D eigenvalue weighted by Crippen LogP contribution is 2.24. The molecule has 0 amide bonds. The molecule has 1 atom stereocenters. The highest BCUT2D eigenvalue weighted by molar-refractivity contribution is 8.00. The van der Waals surface area contributed by atoms with Gasteiger partial charge in [-0.15, -0.1) is 11.8 Å². The van der Waals surface area contributed by atoms with Crippen LogP contribution in [0, 0.1) is 0 Å². The fourth-order valence-corrected chi connectivity index (χ4v) is 2.19. The van der Waals surface area contributed by atoms with E-state index in [0.717, 1.165) is 19.1 Å². The maximum atomic E-state index is 10.7. The van der Waals surface area contributed by atoms with E-state index < -0.39 is 0 Å². The summed E-state index contributed by atoms with van der Waals surface area (Å²) < 4.78 is 0. The molecule has 0 spiro atoms. The average Bonchev–Trinajstić information content (AvgIpc) is 2.19. The van der Waals surface area contributed by atoms with Crippen LogP contribution in [0.2, 0.25) is 0 Å². The Bertz CT molecular complexity index is 246. The molecule has 0 saturated carbocycles. The van der Waals surface area contributed by atoms with Crippen LogP contribution in [-0.4, -0.2) is 11.5 Å². The average molecular weight is 194 g/mol. The van der Waals surface area contributed by atoms with Crippen LogP contribution in [0.25, 0.3) is 0 Å². The maximum Gasteiger partial charge on any atom is 0.133 e. The second-order valence-electron chi connectivity index (χ2n) is 2.89. The molecule has 0 aromatic heterocycles. The summed E-state index contributed by atoms with van der Waals surface area (Å²) in [6.07, 6.45) is 3.06. The van der Waals surface area contributed by atoms with E-state index in [9.17, 15) is 4.79 Å². The van der Waals surface area contributed by atoms with Crippen LogP contribution in [-0.2, 0) is 4.79 Å². The van der Waals surface area contributed by atoms with Gasteiger partial charge in [0, 0.05) is 4.90 Å². The van der Waals surface area contributed by atoms with Crippen LogP contribution >= 0.6 is 11.8 Å². The monoisotopic (exact) mass is 194 g/mol. The van der Waals surface area contributed by atoms with Crippen LogP contribution in [0.4, 0.5) is 0 Å². The summed E-state index contributed by atoms with van der Waals surface area (Å²) in [5, 5.41) is 0.118. The number of hydrogen-bond donors (Lipinski definition) is 0. The van der Waals surface area contributed by atoms with Crippen molar-refractivity contribution in [2.45, 2.75) is 29.9 Å². The number of benzene rings is 1. The third kappa shape index (κ3) is 3.64. The summed E-state index contributed by atoms with van der Waals surface area (Å²) in [7, 11) is 0. The minimum atomic E-state index is 0.118. The number of aldehydes is 1. The quantitative estimate of drug-likeness (QED) is 0.529. The molecule has 0 aliphatic rings. The van der Waals surface area contributed by atoms with E-state index in [1.165, 1.54) is 4.90 Å². The first-order chi connectivity index (χ1) is 6.36. The summed E-state index contributed by atoms with van der Waals surface area (Å²) in [4.78, 5) is 11.9. The molecule has 1 aromatic rings. The molecular formula is C11H14OS. The lowest BCUT2D eigenvalue weighted by atomic mass is 10.3. The summed E-state index contributed by atoms with van der Waals surface area (Å²) in [6, 6.07) is 10.1. The Hall–Kier alpha value is -0.760. The Morgan fingerprint density at radius 2 is 2.08 bits per heavy atom. The molecule has 0 heterocycles. The summed E-state index contributed by atoms with van der Waals surface area (Å²) in [6.45, 7) is 2.10. The van der Waals surface area contributed by atoms with Gasteiger partial charge in [-0.3, -0.25) is 0 Å². The Labute approximate surface area is 83.5 Å². The third-order valence-electron chi connectivity index (χ3n) is 1.76. The molecule has 0 aliphatic heterocycles. The molecule has 70 valence electrons. The first-order valence-electron chi connectivity index (χ1n) is 4.53. The molecule has 13 heavy (non-hydrogen) atoms. The van der Waals surface area contributed by atoms with Crippen molar-refractivity contribution < 1.29 is 4.79 Å². The SMILES string of the molecule is CCC[C@H](C=O)Sc1ccccc1.